The third kappa shape index (κ3) is 9.01. The van der Waals surface area contributed by atoms with Gasteiger partial charge in [-0.3, -0.25) is 0 Å². The second kappa shape index (κ2) is 14.6. The van der Waals surface area contributed by atoms with Crippen molar-refractivity contribution in [3.63, 3.8) is 0 Å². The number of carboxylic acid groups (broad SMARTS) is 1. The number of nitrogens with two attached hydrogens (primary N) is 2. The summed E-state index contributed by atoms with van der Waals surface area (Å²) in [5, 5.41) is 22.1. The second-order valence-corrected chi connectivity index (χ2v) is 14.9. The number of nitrogens with zero attached hydrogens (tertiary/aromatic N) is 2. The van der Waals surface area contributed by atoms with Gasteiger partial charge in [-0.05, 0) is 0 Å². The Bertz CT molecular complexity index is 1430. The number of hydrogen-bond donors (Lipinski definition) is 4. The van der Waals surface area contributed by atoms with Crippen molar-refractivity contribution in [1.82, 2.24) is 15.1 Å². The van der Waals surface area contributed by atoms with E-state index in [2.05, 4.69) is 5.32 Å². The van der Waals surface area contributed by atoms with Crippen LogP contribution in [0.15, 0.2) is 65.6 Å². The van der Waals surface area contributed by atoms with Crippen LogP contribution in [0.1, 0.15) is 25.0 Å². The van der Waals surface area contributed by atoms with E-state index < -0.39 is 28.0 Å². The molecule has 0 aliphatic carbocycles. The van der Waals surface area contributed by atoms with Crippen molar-refractivity contribution in [2.24, 2.45) is 16.8 Å². The van der Waals surface area contributed by atoms with Crippen LogP contribution in [0.5, 0.6) is 0 Å². The van der Waals surface area contributed by atoms with Gasteiger partial charge in [0.05, 0.1) is 0 Å². The summed E-state index contributed by atoms with van der Waals surface area (Å²) in [6.45, 7) is 0. The molecule has 1 amide bonds. The summed E-state index contributed by atoms with van der Waals surface area (Å²) in [6.07, 6.45) is 0.0634. The van der Waals surface area contributed by atoms with Crippen LogP contribution in [-0.4, -0.2) is 73.6 Å². The number of rotatable bonds is 15. The van der Waals surface area contributed by atoms with Crippen molar-refractivity contribution in [1.29, 1.82) is 0 Å². The molecular weight excluding hydrogens is 621 g/mol. The number of Topliss-reactive ketones (excluding diaryl/α,β-unsaturated/α-hetero) is 1. The maximum absolute atomic E-state index is 12.4. The summed E-state index contributed by atoms with van der Waals surface area (Å²) in [7, 11) is -0.716. The van der Waals surface area contributed by atoms with E-state index in [9.17, 15) is 22.8 Å². The number of primary sulfonamides is 1. The molecule has 214 valence electrons. The van der Waals surface area contributed by atoms with Crippen molar-refractivity contribution in [2.75, 3.05) is 12.8 Å². The van der Waals surface area contributed by atoms with Crippen LogP contribution in [-0.2, 0) is 29.7 Å². The Labute approximate surface area is 242 Å². The number of carbonyl (C=O) groups excluding carboxylic acids is 2. The Morgan fingerprint density at radius 1 is 1.12 bits per heavy atom. The molecule has 0 bridgehead atoms. The van der Waals surface area contributed by atoms with Gasteiger partial charge in [0.2, 0.25) is 0 Å². The average molecular weight is 653 g/mol. The molecule has 0 aliphatic heterocycles. The summed E-state index contributed by atoms with van der Waals surface area (Å²) in [5.41, 5.74) is 8.77. The van der Waals surface area contributed by atoms with Gasteiger partial charge in [0.15, 0.2) is 0 Å². The molecule has 14 heteroatoms. The monoisotopic (exact) mass is 653 g/mol. The summed E-state index contributed by atoms with van der Waals surface area (Å²) in [4.78, 5) is 35.6. The van der Waals surface area contributed by atoms with Crippen LogP contribution in [0.25, 0.3) is 16.9 Å². The van der Waals surface area contributed by atoms with Gasteiger partial charge in [0, 0.05) is 0 Å². The van der Waals surface area contributed by atoms with Crippen LogP contribution >= 0.6 is 10.2 Å². The first kappa shape index (κ1) is 31.5. The van der Waals surface area contributed by atoms with Crippen LogP contribution in [0.4, 0.5) is 0 Å². The minimum atomic E-state index is -3.82. The van der Waals surface area contributed by atoms with Gasteiger partial charge in [0.1, 0.15) is 0 Å². The molecule has 3 aromatic rings. The van der Waals surface area contributed by atoms with E-state index >= 15 is 0 Å². The minimum absolute atomic E-state index is 0.00556. The molecule has 0 saturated heterocycles. The first-order valence-electron chi connectivity index (χ1n) is 12.2. The molecule has 0 fully saturated rings. The summed E-state index contributed by atoms with van der Waals surface area (Å²) >= 11 is 0.00556. The Balaban J connectivity index is 1.68. The van der Waals surface area contributed by atoms with Gasteiger partial charge in [-0.2, -0.15) is 0 Å². The summed E-state index contributed by atoms with van der Waals surface area (Å²) in [6, 6.07) is 16.7. The molecule has 1 aromatic heterocycles. The molecule has 2 unspecified atom stereocenters. The first-order valence-corrected chi connectivity index (χ1v) is 18.0. The number of sulfonamides is 1. The molecule has 0 saturated carbocycles. The number of carbonyl (C=O) groups is 3. The van der Waals surface area contributed by atoms with E-state index in [0.29, 0.717) is 16.8 Å². The topological polar surface area (TPSA) is 187 Å². The predicted molar refractivity (Wildman–Crippen MR) is 154 cm³/mol. The predicted octanol–water partition coefficient (Wildman–Crippen LogP) is 1.55. The molecule has 2 aromatic carbocycles. The van der Waals surface area contributed by atoms with Gasteiger partial charge >= 0.3 is 243 Å². The SMILES string of the molecule is CNC(=O)C(CS[Se]Cc1cc(-c2ccccc2)n(-c2ccc(S(N)(=O)=O)cc2)n1)CC(=O)CCC(N)C(=O)O. The van der Waals surface area contributed by atoms with Crippen molar-refractivity contribution in [3.8, 4) is 16.9 Å². The fraction of sp³-hybridized carbons (Fsp3) is 0.308. The summed E-state index contributed by atoms with van der Waals surface area (Å²) in [5.74, 6) is -1.68. The van der Waals surface area contributed by atoms with Crippen LogP contribution in [0.2, 0.25) is 0 Å². The molecule has 1 heterocycles. The fourth-order valence-electron chi connectivity index (χ4n) is 3.77. The van der Waals surface area contributed by atoms with Crippen molar-refractivity contribution in [3.05, 3.63) is 66.4 Å². The number of benzene rings is 2. The van der Waals surface area contributed by atoms with Crippen LogP contribution in [0.3, 0.4) is 0 Å². The van der Waals surface area contributed by atoms with Crippen molar-refractivity contribution >= 4 is 51.7 Å². The number of aliphatic carboxylic acids is 1. The van der Waals surface area contributed by atoms with E-state index in [-0.39, 0.29) is 49.7 Å². The zero-order valence-corrected chi connectivity index (χ0v) is 25.1. The van der Waals surface area contributed by atoms with E-state index in [1.807, 2.05) is 36.4 Å². The fourth-order valence-corrected chi connectivity index (χ4v) is 8.24. The molecule has 3 rings (SSSR count). The third-order valence-corrected chi connectivity index (χ3v) is 11.0. The van der Waals surface area contributed by atoms with E-state index in [0.717, 1.165) is 17.0 Å². The second-order valence-electron chi connectivity index (χ2n) is 8.92. The van der Waals surface area contributed by atoms with Crippen molar-refractivity contribution in [2.45, 2.75) is 35.5 Å². The number of ketones is 1. The maximum atomic E-state index is 12.4. The standard InChI is InChI=1S/C26H31N5O6S2Se/c1-29-25(33)18(13-21(32)9-12-23(27)26(34)35)15-38-40-16-19-14-24(17-5-3-2-4-6-17)31(30-19)20-7-10-22(11-8-20)39(28,36)37/h2-8,10-11,14,18,23H,9,12-13,15-16,27H2,1H3,(H,29,33)(H,34,35)(H2,28,36,37). The number of carboxylic acids is 1. The average Bonchev–Trinajstić information content (AvgIpc) is 3.37. The molecule has 0 aliphatic rings. The zero-order valence-electron chi connectivity index (χ0n) is 21.7. The molecule has 40 heavy (non-hydrogen) atoms. The Kier molecular flexibility index (Phi) is 11.5. The number of amides is 1. The van der Waals surface area contributed by atoms with Crippen LogP contribution < -0.4 is 16.2 Å². The van der Waals surface area contributed by atoms with Crippen molar-refractivity contribution < 1.29 is 27.9 Å². The molecule has 2 atom stereocenters. The Morgan fingerprint density at radius 2 is 1.80 bits per heavy atom. The molecule has 0 spiro atoms. The quantitative estimate of drug-likeness (QED) is 0.140. The van der Waals surface area contributed by atoms with Gasteiger partial charge in [-0.1, -0.05) is 0 Å². The third-order valence-electron chi connectivity index (χ3n) is 5.94. The molecule has 0 radical (unpaired) electrons. The molecular formula is C26H31N5O6S2Se. The van der Waals surface area contributed by atoms with Gasteiger partial charge < -0.3 is 0 Å². The number of nitrogens with one attached hydrogen (secondary N) is 1. The number of hydrogen-bond acceptors (Lipinski definition) is 8. The van der Waals surface area contributed by atoms with Gasteiger partial charge in [-0.25, -0.2) is 0 Å². The number of aromatic nitrogens is 2. The molecule has 6 N–H and O–H groups in total. The van der Waals surface area contributed by atoms with Gasteiger partial charge in [0.25, 0.3) is 0 Å². The zero-order chi connectivity index (χ0) is 29.3. The van der Waals surface area contributed by atoms with E-state index in [1.54, 1.807) is 27.0 Å². The van der Waals surface area contributed by atoms with Gasteiger partial charge in [-0.15, -0.1) is 0 Å². The Hall–Kier alpha value is -3.00. The summed E-state index contributed by atoms with van der Waals surface area (Å²) < 4.78 is 25.1. The molecule has 11 nitrogen and oxygen atoms in total. The van der Waals surface area contributed by atoms with Crippen LogP contribution in [0, 0.1) is 5.92 Å². The van der Waals surface area contributed by atoms with E-state index in [4.69, 9.17) is 21.1 Å². The Morgan fingerprint density at radius 3 is 2.40 bits per heavy atom. The normalized spacial score (nSPS) is 13.0. The first-order chi connectivity index (χ1) is 19.0. The van der Waals surface area contributed by atoms with E-state index in [1.165, 1.54) is 19.2 Å².